The van der Waals surface area contributed by atoms with Gasteiger partial charge in [0.1, 0.15) is 11.3 Å². The van der Waals surface area contributed by atoms with Crippen LogP contribution in [0.1, 0.15) is 55.3 Å². The van der Waals surface area contributed by atoms with Gasteiger partial charge in [-0.05, 0) is 63.4 Å². The Balaban J connectivity index is 1.42. The lowest BCUT2D eigenvalue weighted by molar-refractivity contribution is -0.134. The Morgan fingerprint density at radius 2 is 1.82 bits per heavy atom. The Morgan fingerprint density at radius 1 is 1.03 bits per heavy atom. The summed E-state index contributed by atoms with van der Waals surface area (Å²) in [7, 11) is 0. The number of ether oxygens (including phenoxy) is 2. The molecule has 1 aliphatic heterocycles. The molecule has 2 heterocycles. The van der Waals surface area contributed by atoms with Crippen molar-refractivity contribution in [1.29, 1.82) is 0 Å². The molecular weight excluding hydrogens is 420 g/mol. The molecule has 174 valence electrons. The molecule has 1 N–H and O–H groups in total. The number of benzene rings is 2. The van der Waals surface area contributed by atoms with Crippen molar-refractivity contribution in [3.8, 4) is 11.5 Å². The van der Waals surface area contributed by atoms with Gasteiger partial charge in [-0.3, -0.25) is 9.59 Å². The number of hydrogen-bond acceptors (Lipinski definition) is 5. The summed E-state index contributed by atoms with van der Waals surface area (Å²) in [6, 6.07) is 14.4. The first-order valence-corrected chi connectivity index (χ1v) is 11.5. The maximum atomic E-state index is 12.9. The number of para-hydroxylation sites is 1. The second-order valence-electron chi connectivity index (χ2n) is 8.21. The SMILES string of the molecule is CCOc1cc(C(=O)NC(C)c2cc3ccccc3o2)ccc1OCC(=O)N1CCCCC1. The molecule has 33 heavy (non-hydrogen) atoms. The number of furan rings is 1. The van der Waals surface area contributed by atoms with Crippen LogP contribution in [0.5, 0.6) is 11.5 Å². The monoisotopic (exact) mass is 450 g/mol. The van der Waals surface area contributed by atoms with E-state index < -0.39 is 0 Å². The summed E-state index contributed by atoms with van der Waals surface area (Å²) in [5.74, 6) is 1.29. The number of hydrogen-bond donors (Lipinski definition) is 1. The molecule has 4 rings (SSSR count). The number of carbonyl (C=O) groups is 2. The molecule has 7 nitrogen and oxygen atoms in total. The average molecular weight is 451 g/mol. The predicted octanol–water partition coefficient (Wildman–Crippen LogP) is 4.71. The zero-order chi connectivity index (χ0) is 23.2. The molecule has 2 amide bonds. The van der Waals surface area contributed by atoms with Gasteiger partial charge < -0.3 is 24.1 Å². The van der Waals surface area contributed by atoms with Crippen molar-refractivity contribution in [3.63, 3.8) is 0 Å². The van der Waals surface area contributed by atoms with E-state index in [-0.39, 0.29) is 24.5 Å². The lowest BCUT2D eigenvalue weighted by Crippen LogP contribution is -2.38. The molecule has 0 radical (unpaired) electrons. The quantitative estimate of drug-likeness (QED) is 0.537. The molecule has 1 saturated heterocycles. The highest BCUT2D eigenvalue weighted by Gasteiger charge is 2.20. The first-order chi connectivity index (χ1) is 16.0. The van der Waals surface area contributed by atoms with Gasteiger partial charge in [-0.1, -0.05) is 18.2 Å². The van der Waals surface area contributed by atoms with Crippen molar-refractivity contribution < 1.29 is 23.5 Å². The molecule has 1 unspecified atom stereocenters. The molecule has 1 aromatic heterocycles. The molecule has 7 heteroatoms. The van der Waals surface area contributed by atoms with Crippen LogP contribution in [0, 0.1) is 0 Å². The number of rotatable bonds is 8. The summed E-state index contributed by atoms with van der Waals surface area (Å²) in [6.45, 7) is 5.67. The maximum Gasteiger partial charge on any atom is 0.260 e. The minimum atomic E-state index is -0.307. The van der Waals surface area contributed by atoms with E-state index in [2.05, 4.69) is 5.32 Å². The Labute approximate surface area is 193 Å². The number of piperidine rings is 1. The Morgan fingerprint density at radius 3 is 2.58 bits per heavy atom. The molecule has 0 spiro atoms. The normalized spacial score (nSPS) is 14.7. The second-order valence-corrected chi connectivity index (χ2v) is 8.21. The van der Waals surface area contributed by atoms with E-state index in [4.69, 9.17) is 13.9 Å². The van der Waals surface area contributed by atoms with Crippen LogP contribution in [-0.4, -0.2) is 43.0 Å². The molecular formula is C26H30N2O5. The highest BCUT2D eigenvalue weighted by molar-refractivity contribution is 5.95. The van der Waals surface area contributed by atoms with E-state index in [0.717, 1.165) is 43.3 Å². The van der Waals surface area contributed by atoms with Gasteiger partial charge in [0.2, 0.25) is 0 Å². The number of carbonyl (C=O) groups excluding carboxylic acids is 2. The van der Waals surface area contributed by atoms with Crippen LogP contribution in [0.15, 0.2) is 52.9 Å². The Hall–Kier alpha value is -3.48. The van der Waals surface area contributed by atoms with Gasteiger partial charge in [-0.25, -0.2) is 0 Å². The highest BCUT2D eigenvalue weighted by Crippen LogP contribution is 2.29. The highest BCUT2D eigenvalue weighted by atomic mass is 16.5. The van der Waals surface area contributed by atoms with Gasteiger partial charge in [0, 0.05) is 24.0 Å². The number of nitrogens with one attached hydrogen (secondary N) is 1. The standard InChI is InChI=1S/C26H30N2O5/c1-3-31-24-16-20(11-12-22(24)32-17-25(29)28-13-7-4-8-14-28)26(30)27-18(2)23-15-19-9-5-6-10-21(19)33-23/h5-6,9-12,15-16,18H,3-4,7-8,13-14,17H2,1-2H3,(H,27,30). The lowest BCUT2D eigenvalue weighted by atomic mass is 10.1. The van der Waals surface area contributed by atoms with Crippen molar-refractivity contribution in [3.05, 3.63) is 59.9 Å². The van der Waals surface area contributed by atoms with Crippen molar-refractivity contribution in [2.45, 2.75) is 39.2 Å². The zero-order valence-corrected chi connectivity index (χ0v) is 19.1. The van der Waals surface area contributed by atoms with Crippen molar-refractivity contribution in [2.24, 2.45) is 0 Å². The van der Waals surface area contributed by atoms with E-state index >= 15 is 0 Å². The maximum absolute atomic E-state index is 12.9. The van der Waals surface area contributed by atoms with Gasteiger partial charge in [0.05, 0.1) is 12.6 Å². The van der Waals surface area contributed by atoms with E-state index in [1.54, 1.807) is 18.2 Å². The molecule has 0 saturated carbocycles. The largest absolute Gasteiger partial charge is 0.490 e. The summed E-state index contributed by atoms with van der Waals surface area (Å²) < 4.78 is 17.3. The van der Waals surface area contributed by atoms with Crippen LogP contribution in [-0.2, 0) is 4.79 Å². The van der Waals surface area contributed by atoms with Gasteiger partial charge in [-0.2, -0.15) is 0 Å². The second kappa shape index (κ2) is 10.4. The minimum Gasteiger partial charge on any atom is -0.490 e. The summed E-state index contributed by atoms with van der Waals surface area (Å²) in [5, 5.41) is 3.96. The number of amides is 2. The summed E-state index contributed by atoms with van der Waals surface area (Å²) in [5.41, 5.74) is 1.23. The summed E-state index contributed by atoms with van der Waals surface area (Å²) in [4.78, 5) is 27.1. The van der Waals surface area contributed by atoms with Crippen LogP contribution in [0.4, 0.5) is 0 Å². The van der Waals surface area contributed by atoms with E-state index in [1.807, 2.05) is 49.1 Å². The van der Waals surface area contributed by atoms with Crippen LogP contribution in [0.3, 0.4) is 0 Å². The fourth-order valence-electron chi connectivity index (χ4n) is 3.98. The van der Waals surface area contributed by atoms with E-state index in [9.17, 15) is 9.59 Å². The van der Waals surface area contributed by atoms with Crippen molar-refractivity contribution >= 4 is 22.8 Å². The van der Waals surface area contributed by atoms with E-state index in [0.29, 0.717) is 29.4 Å². The zero-order valence-electron chi connectivity index (χ0n) is 19.1. The van der Waals surface area contributed by atoms with Gasteiger partial charge >= 0.3 is 0 Å². The van der Waals surface area contributed by atoms with Gasteiger partial charge in [0.15, 0.2) is 18.1 Å². The third-order valence-electron chi connectivity index (χ3n) is 5.78. The van der Waals surface area contributed by atoms with Crippen molar-refractivity contribution in [2.75, 3.05) is 26.3 Å². The Kier molecular flexibility index (Phi) is 7.17. The molecule has 1 fully saturated rings. The van der Waals surface area contributed by atoms with Crippen LogP contribution in [0.25, 0.3) is 11.0 Å². The Bertz CT molecular complexity index is 1080. The minimum absolute atomic E-state index is 0.0290. The number of fused-ring (bicyclic) bond motifs is 1. The van der Waals surface area contributed by atoms with Crippen LogP contribution in [0.2, 0.25) is 0 Å². The summed E-state index contributed by atoms with van der Waals surface area (Å²) >= 11 is 0. The third-order valence-corrected chi connectivity index (χ3v) is 5.78. The third kappa shape index (κ3) is 5.48. The molecule has 0 aliphatic carbocycles. The van der Waals surface area contributed by atoms with Crippen LogP contribution >= 0.6 is 0 Å². The lowest BCUT2D eigenvalue weighted by Gasteiger charge is -2.26. The van der Waals surface area contributed by atoms with Gasteiger partial charge in [0.25, 0.3) is 11.8 Å². The first-order valence-electron chi connectivity index (χ1n) is 11.5. The molecule has 3 aromatic rings. The fourth-order valence-corrected chi connectivity index (χ4v) is 3.98. The number of nitrogens with zero attached hydrogens (tertiary/aromatic N) is 1. The average Bonchev–Trinajstić information content (AvgIpc) is 3.28. The predicted molar refractivity (Wildman–Crippen MR) is 126 cm³/mol. The molecule has 2 aromatic carbocycles. The number of likely N-dealkylation sites (tertiary alicyclic amines) is 1. The van der Waals surface area contributed by atoms with Crippen LogP contribution < -0.4 is 14.8 Å². The van der Waals surface area contributed by atoms with Crippen molar-refractivity contribution in [1.82, 2.24) is 10.2 Å². The molecule has 0 bridgehead atoms. The smallest absolute Gasteiger partial charge is 0.260 e. The molecule has 1 aliphatic rings. The summed E-state index contributed by atoms with van der Waals surface area (Å²) in [6.07, 6.45) is 3.23. The first kappa shape index (κ1) is 22.7. The fraction of sp³-hybridized carbons (Fsp3) is 0.385. The molecule has 1 atom stereocenters. The van der Waals surface area contributed by atoms with Gasteiger partial charge in [-0.15, -0.1) is 0 Å². The van der Waals surface area contributed by atoms with E-state index in [1.165, 1.54) is 0 Å². The topological polar surface area (TPSA) is 81.0 Å².